The summed E-state index contributed by atoms with van der Waals surface area (Å²) >= 11 is 0. The Labute approximate surface area is 202 Å². The number of methoxy groups -OCH3 is 1. The zero-order valence-corrected chi connectivity index (χ0v) is 21.5. The summed E-state index contributed by atoms with van der Waals surface area (Å²) in [4.78, 5) is 24.2. The molecule has 0 heterocycles. The second-order valence-electron chi connectivity index (χ2n) is 7.92. The van der Waals surface area contributed by atoms with Crippen LogP contribution in [0.4, 0.5) is 5.69 Å². The van der Waals surface area contributed by atoms with E-state index in [1.807, 2.05) is 13.8 Å². The summed E-state index contributed by atoms with van der Waals surface area (Å²) in [5.74, 6) is 0.645. The average Bonchev–Trinajstić information content (AvgIpc) is 2.80. The van der Waals surface area contributed by atoms with Crippen molar-refractivity contribution < 1.29 is 27.5 Å². The molecule has 0 saturated heterocycles. The van der Waals surface area contributed by atoms with Crippen LogP contribution >= 0.6 is 0 Å². The first-order valence-electron chi connectivity index (χ1n) is 11.3. The third-order valence-corrected chi connectivity index (χ3v) is 7.66. The number of carbonyl (C=O) groups excluding carboxylic acids is 2. The summed E-state index contributed by atoms with van der Waals surface area (Å²) in [6.45, 7) is 9.75. The number of anilines is 1. The number of ketones is 1. The van der Waals surface area contributed by atoms with Gasteiger partial charge in [-0.25, -0.2) is 8.42 Å². The fraction of sp³-hybridized carbons (Fsp3) is 0.440. The summed E-state index contributed by atoms with van der Waals surface area (Å²) in [6.07, 6.45) is 0.637. The highest BCUT2D eigenvalue weighted by Gasteiger charge is 2.23. The predicted octanol–water partition coefficient (Wildman–Crippen LogP) is 4.34. The molecule has 0 saturated carbocycles. The number of Topliss-reactive ketones (excluding diaryl/α,β-unsaturated/α-hetero) is 1. The third-order valence-electron chi connectivity index (χ3n) is 5.63. The number of sulfonamides is 1. The van der Waals surface area contributed by atoms with Crippen molar-refractivity contribution in [3.8, 4) is 11.5 Å². The summed E-state index contributed by atoms with van der Waals surface area (Å²) in [6, 6.07) is 8.11. The van der Waals surface area contributed by atoms with Crippen LogP contribution in [0.25, 0.3) is 0 Å². The number of ether oxygens (including phenoxy) is 2. The topological polar surface area (TPSA) is 102 Å². The lowest BCUT2D eigenvalue weighted by Gasteiger charge is -2.20. The smallest absolute Gasteiger partial charge is 0.243 e. The molecule has 0 bridgehead atoms. The minimum Gasteiger partial charge on any atom is -0.493 e. The number of hydrogen-bond acceptors (Lipinski definition) is 6. The molecule has 0 aromatic heterocycles. The van der Waals surface area contributed by atoms with E-state index in [-0.39, 0.29) is 29.6 Å². The molecule has 0 aliphatic heterocycles. The van der Waals surface area contributed by atoms with Gasteiger partial charge < -0.3 is 14.8 Å². The van der Waals surface area contributed by atoms with E-state index in [0.717, 1.165) is 11.1 Å². The summed E-state index contributed by atoms with van der Waals surface area (Å²) in [5, 5.41) is 2.84. The van der Waals surface area contributed by atoms with Gasteiger partial charge >= 0.3 is 0 Å². The average molecular weight is 491 g/mol. The number of carbonyl (C=O) groups is 2. The van der Waals surface area contributed by atoms with E-state index in [4.69, 9.17) is 9.47 Å². The first-order chi connectivity index (χ1) is 16.0. The zero-order chi connectivity index (χ0) is 25.5. The highest BCUT2D eigenvalue weighted by Crippen LogP contribution is 2.29. The quantitative estimate of drug-likeness (QED) is 0.351. The second kappa shape index (κ2) is 12.0. The number of hydrogen-bond donors (Lipinski definition) is 1. The molecule has 0 radical (unpaired) electrons. The van der Waals surface area contributed by atoms with Gasteiger partial charge in [0.1, 0.15) is 0 Å². The Bertz CT molecular complexity index is 1140. The summed E-state index contributed by atoms with van der Waals surface area (Å²) in [7, 11) is -2.14. The summed E-state index contributed by atoms with van der Waals surface area (Å²) < 4.78 is 38.2. The fourth-order valence-electron chi connectivity index (χ4n) is 3.45. The maximum absolute atomic E-state index is 12.9. The Morgan fingerprint density at radius 2 is 1.71 bits per heavy atom. The van der Waals surface area contributed by atoms with Crippen LogP contribution in [0.15, 0.2) is 35.2 Å². The molecule has 2 rings (SSSR count). The molecule has 2 aromatic rings. The fourth-order valence-corrected chi connectivity index (χ4v) is 5.02. The lowest BCUT2D eigenvalue weighted by atomic mass is 10.1. The number of nitrogens with zero attached hydrogens (tertiary/aromatic N) is 1. The maximum Gasteiger partial charge on any atom is 0.243 e. The van der Waals surface area contributed by atoms with Crippen LogP contribution in [0, 0.1) is 13.8 Å². The standard InChI is InChI=1S/C25H34N2O6S/c1-7-27(8-2)34(30,31)21-14-17(3)18(4)22(16-21)26-25(29)10-9-13-33-23-12-11-20(19(5)28)15-24(23)32-6/h11-12,14-16H,7-10,13H2,1-6H3,(H,26,29). The Morgan fingerprint density at radius 1 is 1.03 bits per heavy atom. The molecular weight excluding hydrogens is 456 g/mol. The molecule has 0 fully saturated rings. The molecule has 9 heteroatoms. The molecule has 0 aliphatic carbocycles. The highest BCUT2D eigenvalue weighted by atomic mass is 32.2. The van der Waals surface area contributed by atoms with Crippen molar-refractivity contribution in [1.82, 2.24) is 4.31 Å². The number of amides is 1. The van der Waals surface area contributed by atoms with E-state index in [0.29, 0.717) is 42.3 Å². The van der Waals surface area contributed by atoms with Crippen LogP contribution < -0.4 is 14.8 Å². The van der Waals surface area contributed by atoms with Crippen molar-refractivity contribution in [2.24, 2.45) is 0 Å². The number of benzene rings is 2. The third kappa shape index (κ3) is 6.57. The number of rotatable bonds is 12. The Balaban J connectivity index is 2.03. The van der Waals surface area contributed by atoms with Crippen molar-refractivity contribution in [3.63, 3.8) is 0 Å². The first-order valence-corrected chi connectivity index (χ1v) is 12.7. The van der Waals surface area contributed by atoms with Crippen molar-refractivity contribution in [1.29, 1.82) is 0 Å². The van der Waals surface area contributed by atoms with Gasteiger partial charge in [-0.15, -0.1) is 0 Å². The minimum atomic E-state index is -3.64. The largest absolute Gasteiger partial charge is 0.493 e. The molecule has 0 spiro atoms. The van der Waals surface area contributed by atoms with E-state index in [9.17, 15) is 18.0 Å². The summed E-state index contributed by atoms with van der Waals surface area (Å²) in [5.41, 5.74) is 2.61. The van der Waals surface area contributed by atoms with Crippen LogP contribution in [0.2, 0.25) is 0 Å². The van der Waals surface area contributed by atoms with Crippen LogP contribution in [0.1, 0.15) is 55.1 Å². The van der Waals surface area contributed by atoms with Crippen LogP contribution in [-0.2, 0) is 14.8 Å². The molecule has 34 heavy (non-hydrogen) atoms. The van der Waals surface area contributed by atoms with Gasteiger partial charge in [-0.1, -0.05) is 13.8 Å². The molecule has 0 aliphatic rings. The zero-order valence-electron chi connectivity index (χ0n) is 20.7. The van der Waals surface area contributed by atoms with Gasteiger partial charge in [0.15, 0.2) is 17.3 Å². The van der Waals surface area contributed by atoms with Crippen molar-refractivity contribution in [2.45, 2.75) is 52.4 Å². The lowest BCUT2D eigenvalue weighted by molar-refractivity contribution is -0.116. The molecule has 8 nitrogen and oxygen atoms in total. The van der Waals surface area contributed by atoms with Gasteiger partial charge in [-0.05, 0) is 68.7 Å². The van der Waals surface area contributed by atoms with E-state index < -0.39 is 10.0 Å². The van der Waals surface area contributed by atoms with E-state index in [1.165, 1.54) is 24.4 Å². The van der Waals surface area contributed by atoms with E-state index >= 15 is 0 Å². The number of aryl methyl sites for hydroxylation is 1. The molecule has 0 unspecified atom stereocenters. The van der Waals surface area contributed by atoms with Crippen molar-refractivity contribution in [3.05, 3.63) is 47.0 Å². The highest BCUT2D eigenvalue weighted by molar-refractivity contribution is 7.89. The van der Waals surface area contributed by atoms with Gasteiger partial charge in [0.2, 0.25) is 15.9 Å². The normalized spacial score (nSPS) is 11.4. The van der Waals surface area contributed by atoms with Crippen molar-refractivity contribution in [2.75, 3.05) is 32.1 Å². The van der Waals surface area contributed by atoms with Gasteiger partial charge in [0.25, 0.3) is 0 Å². The van der Waals surface area contributed by atoms with Gasteiger partial charge in [-0.3, -0.25) is 9.59 Å². The lowest BCUT2D eigenvalue weighted by Crippen LogP contribution is -2.30. The van der Waals surface area contributed by atoms with Crippen LogP contribution in [0.5, 0.6) is 11.5 Å². The molecular formula is C25H34N2O6S. The minimum absolute atomic E-state index is 0.0685. The maximum atomic E-state index is 12.9. The van der Waals surface area contributed by atoms with Gasteiger partial charge in [0.05, 0.1) is 18.6 Å². The molecule has 186 valence electrons. The molecule has 2 aromatic carbocycles. The van der Waals surface area contributed by atoms with E-state index in [2.05, 4.69) is 5.32 Å². The Hall–Kier alpha value is -2.91. The van der Waals surface area contributed by atoms with Gasteiger partial charge in [-0.2, -0.15) is 4.31 Å². The monoisotopic (exact) mass is 490 g/mol. The number of nitrogens with one attached hydrogen (secondary N) is 1. The Kier molecular flexibility index (Phi) is 9.64. The molecule has 1 amide bonds. The first kappa shape index (κ1) is 27.3. The molecule has 0 atom stereocenters. The van der Waals surface area contributed by atoms with Crippen molar-refractivity contribution >= 4 is 27.4 Å². The van der Waals surface area contributed by atoms with Crippen LogP contribution in [0.3, 0.4) is 0 Å². The predicted molar refractivity (Wildman–Crippen MR) is 132 cm³/mol. The second-order valence-corrected chi connectivity index (χ2v) is 9.86. The SMILES string of the molecule is CCN(CC)S(=O)(=O)c1cc(C)c(C)c(NC(=O)CCCOc2ccc(C(C)=O)cc2OC)c1. The Morgan fingerprint density at radius 3 is 2.29 bits per heavy atom. The van der Waals surface area contributed by atoms with Gasteiger partial charge in [0, 0.05) is 30.8 Å². The molecule has 1 N–H and O–H groups in total. The van der Waals surface area contributed by atoms with E-state index in [1.54, 1.807) is 38.1 Å². The van der Waals surface area contributed by atoms with Crippen LogP contribution in [-0.4, -0.2) is 51.2 Å².